The van der Waals surface area contributed by atoms with Crippen molar-refractivity contribution in [1.29, 1.82) is 0 Å². The number of rotatable bonds is 1. The average Bonchev–Trinajstić information content (AvgIpc) is 2.41. The van der Waals surface area contributed by atoms with Gasteiger partial charge in [0.2, 0.25) is 0 Å². The van der Waals surface area contributed by atoms with E-state index in [9.17, 15) is 0 Å². The molecule has 0 bridgehead atoms. The highest BCUT2D eigenvalue weighted by atomic mass is 15.2. The van der Waals surface area contributed by atoms with Crippen LogP contribution in [0.15, 0.2) is 36.4 Å². The summed E-state index contributed by atoms with van der Waals surface area (Å²) in [5.41, 5.74) is 8.25. The Morgan fingerprint density at radius 3 is 2.32 bits per heavy atom. The lowest BCUT2D eigenvalue weighted by Crippen LogP contribution is -2.55. The number of fused-ring (bicyclic) bond motifs is 1. The fraction of sp³-hybridized carbons (Fsp3) is 0.375. The number of nitrogen functional groups attached to an aromatic ring is 1. The molecule has 19 heavy (non-hydrogen) atoms. The third kappa shape index (κ3) is 2.04. The molecule has 3 heteroatoms. The second-order valence-electron chi connectivity index (χ2n) is 5.48. The quantitative estimate of drug-likeness (QED) is 0.770. The molecule has 0 aromatic heterocycles. The van der Waals surface area contributed by atoms with E-state index < -0.39 is 0 Å². The van der Waals surface area contributed by atoms with E-state index in [-0.39, 0.29) is 0 Å². The summed E-state index contributed by atoms with van der Waals surface area (Å²) in [5.74, 6) is 0. The molecule has 2 aromatic rings. The molecule has 1 aliphatic rings. The molecule has 1 aliphatic heterocycles. The van der Waals surface area contributed by atoms with Crippen molar-refractivity contribution < 1.29 is 0 Å². The molecule has 2 aromatic carbocycles. The van der Waals surface area contributed by atoms with Gasteiger partial charge in [-0.05, 0) is 26.0 Å². The Bertz CT molecular complexity index is 584. The Kier molecular flexibility index (Phi) is 3.07. The van der Waals surface area contributed by atoms with Gasteiger partial charge in [-0.2, -0.15) is 0 Å². The van der Waals surface area contributed by atoms with E-state index in [1.54, 1.807) is 0 Å². The molecule has 1 heterocycles. The monoisotopic (exact) mass is 255 g/mol. The normalized spacial score (nSPS) is 23.8. The van der Waals surface area contributed by atoms with Crippen LogP contribution < -0.4 is 16.0 Å². The van der Waals surface area contributed by atoms with E-state index >= 15 is 0 Å². The van der Waals surface area contributed by atoms with Gasteiger partial charge in [0, 0.05) is 47.3 Å². The fourth-order valence-electron chi connectivity index (χ4n) is 3.14. The van der Waals surface area contributed by atoms with E-state index in [2.05, 4.69) is 48.3 Å². The summed E-state index contributed by atoms with van der Waals surface area (Å²) in [5, 5.41) is 5.88. The van der Waals surface area contributed by atoms with E-state index in [4.69, 9.17) is 5.73 Å². The van der Waals surface area contributed by atoms with Gasteiger partial charge >= 0.3 is 0 Å². The third-order valence-corrected chi connectivity index (χ3v) is 4.04. The zero-order valence-corrected chi connectivity index (χ0v) is 11.6. The summed E-state index contributed by atoms with van der Waals surface area (Å²) in [7, 11) is 0. The number of hydrogen-bond donors (Lipinski definition) is 2. The number of benzene rings is 2. The minimum atomic E-state index is 0.496. The van der Waals surface area contributed by atoms with E-state index in [0.29, 0.717) is 12.1 Å². The van der Waals surface area contributed by atoms with Crippen molar-refractivity contribution in [3.8, 4) is 0 Å². The molecule has 0 amide bonds. The molecule has 0 radical (unpaired) electrons. The number of nitrogens with zero attached hydrogens (tertiary/aromatic N) is 1. The topological polar surface area (TPSA) is 41.3 Å². The Labute approximate surface area is 114 Å². The van der Waals surface area contributed by atoms with E-state index in [0.717, 1.165) is 24.2 Å². The predicted molar refractivity (Wildman–Crippen MR) is 82.6 cm³/mol. The van der Waals surface area contributed by atoms with Gasteiger partial charge in [0.15, 0.2) is 0 Å². The Morgan fingerprint density at radius 1 is 1.00 bits per heavy atom. The lowest BCUT2D eigenvalue weighted by molar-refractivity contribution is 0.433. The molecule has 0 saturated carbocycles. The van der Waals surface area contributed by atoms with Crippen LogP contribution in [0.5, 0.6) is 0 Å². The van der Waals surface area contributed by atoms with Crippen LogP contribution in [0, 0.1) is 0 Å². The maximum absolute atomic E-state index is 6.09. The first-order valence-electron chi connectivity index (χ1n) is 6.95. The first kappa shape index (κ1) is 12.3. The summed E-state index contributed by atoms with van der Waals surface area (Å²) < 4.78 is 0. The minimum Gasteiger partial charge on any atom is -0.398 e. The van der Waals surface area contributed by atoms with Crippen LogP contribution in [-0.4, -0.2) is 25.2 Å². The standard InChI is InChI=1S/C16H21N3/c1-11-9-18-10-12(2)19(11)16-8-7-15(17)13-5-3-4-6-14(13)16/h3-8,11-12,18H,9-10,17H2,1-2H3. The van der Waals surface area contributed by atoms with Crippen molar-refractivity contribution >= 4 is 22.1 Å². The maximum Gasteiger partial charge on any atom is 0.0453 e. The molecule has 3 N–H and O–H groups in total. The van der Waals surface area contributed by atoms with Gasteiger partial charge in [-0.25, -0.2) is 0 Å². The molecule has 100 valence electrons. The Hall–Kier alpha value is -1.74. The molecular formula is C16H21N3. The van der Waals surface area contributed by atoms with Crippen molar-refractivity contribution in [2.75, 3.05) is 23.7 Å². The van der Waals surface area contributed by atoms with Crippen LogP contribution in [0.2, 0.25) is 0 Å². The van der Waals surface area contributed by atoms with Gasteiger partial charge in [-0.3, -0.25) is 0 Å². The predicted octanol–water partition coefficient (Wildman–Crippen LogP) is 2.61. The molecule has 2 atom stereocenters. The molecule has 1 saturated heterocycles. The van der Waals surface area contributed by atoms with Gasteiger partial charge in [-0.15, -0.1) is 0 Å². The summed E-state index contributed by atoms with van der Waals surface area (Å²) in [6, 6.07) is 13.6. The first-order valence-corrected chi connectivity index (χ1v) is 6.95. The van der Waals surface area contributed by atoms with Crippen LogP contribution in [0.4, 0.5) is 11.4 Å². The SMILES string of the molecule is CC1CNCC(C)N1c1ccc(N)c2ccccc12. The maximum atomic E-state index is 6.09. The summed E-state index contributed by atoms with van der Waals surface area (Å²) in [6.45, 7) is 6.60. The number of piperazine rings is 1. The summed E-state index contributed by atoms with van der Waals surface area (Å²) in [6.07, 6.45) is 0. The zero-order valence-electron chi connectivity index (χ0n) is 11.6. The van der Waals surface area contributed by atoms with Crippen molar-refractivity contribution in [3.63, 3.8) is 0 Å². The van der Waals surface area contributed by atoms with Crippen molar-refractivity contribution in [2.45, 2.75) is 25.9 Å². The van der Waals surface area contributed by atoms with Crippen LogP contribution in [0.1, 0.15) is 13.8 Å². The largest absolute Gasteiger partial charge is 0.398 e. The Balaban J connectivity index is 2.17. The van der Waals surface area contributed by atoms with Crippen LogP contribution in [0.25, 0.3) is 10.8 Å². The second-order valence-corrected chi connectivity index (χ2v) is 5.48. The lowest BCUT2D eigenvalue weighted by Gasteiger charge is -2.42. The van der Waals surface area contributed by atoms with E-state index in [1.165, 1.54) is 11.1 Å². The van der Waals surface area contributed by atoms with Gasteiger partial charge in [0.25, 0.3) is 0 Å². The summed E-state index contributed by atoms with van der Waals surface area (Å²) >= 11 is 0. The van der Waals surface area contributed by atoms with Crippen molar-refractivity contribution in [2.24, 2.45) is 0 Å². The van der Waals surface area contributed by atoms with Gasteiger partial charge in [0.1, 0.15) is 0 Å². The lowest BCUT2D eigenvalue weighted by atomic mass is 10.0. The van der Waals surface area contributed by atoms with E-state index in [1.807, 2.05) is 12.1 Å². The fourth-order valence-corrected chi connectivity index (χ4v) is 3.14. The number of nitrogens with two attached hydrogens (primary N) is 1. The second kappa shape index (κ2) is 4.74. The van der Waals surface area contributed by atoms with Crippen molar-refractivity contribution in [1.82, 2.24) is 5.32 Å². The Morgan fingerprint density at radius 2 is 1.63 bits per heavy atom. The zero-order chi connectivity index (χ0) is 13.4. The highest BCUT2D eigenvalue weighted by Crippen LogP contribution is 2.33. The molecule has 0 spiro atoms. The van der Waals surface area contributed by atoms with Gasteiger partial charge < -0.3 is 16.0 Å². The van der Waals surface area contributed by atoms with Gasteiger partial charge in [0.05, 0.1) is 0 Å². The highest BCUT2D eigenvalue weighted by Gasteiger charge is 2.25. The summed E-state index contributed by atoms with van der Waals surface area (Å²) in [4.78, 5) is 2.51. The molecule has 1 fully saturated rings. The average molecular weight is 255 g/mol. The molecule has 3 nitrogen and oxygen atoms in total. The van der Waals surface area contributed by atoms with Crippen LogP contribution in [0.3, 0.4) is 0 Å². The first-order chi connectivity index (χ1) is 9.18. The minimum absolute atomic E-state index is 0.496. The smallest absolute Gasteiger partial charge is 0.0453 e. The molecular weight excluding hydrogens is 234 g/mol. The van der Waals surface area contributed by atoms with Gasteiger partial charge in [-0.1, -0.05) is 24.3 Å². The number of hydrogen-bond acceptors (Lipinski definition) is 3. The van der Waals surface area contributed by atoms with Crippen LogP contribution in [-0.2, 0) is 0 Å². The van der Waals surface area contributed by atoms with Crippen molar-refractivity contribution in [3.05, 3.63) is 36.4 Å². The highest BCUT2D eigenvalue weighted by molar-refractivity contribution is 6.01. The third-order valence-electron chi connectivity index (χ3n) is 4.04. The molecule has 0 aliphatic carbocycles. The number of nitrogens with one attached hydrogen (secondary N) is 1. The number of anilines is 2. The molecule has 2 unspecified atom stereocenters. The molecule has 3 rings (SSSR count). The van der Waals surface area contributed by atoms with Crippen LogP contribution >= 0.6 is 0 Å².